The lowest BCUT2D eigenvalue weighted by atomic mass is 10.1. The minimum atomic E-state index is 0.0448. The summed E-state index contributed by atoms with van der Waals surface area (Å²) in [6.07, 6.45) is 1.23. The third-order valence-corrected chi connectivity index (χ3v) is 2.84. The minimum Gasteiger partial charge on any atom is -0.383 e. The summed E-state index contributed by atoms with van der Waals surface area (Å²) in [6, 6.07) is 0. The van der Waals surface area contributed by atoms with E-state index < -0.39 is 0 Å². The third kappa shape index (κ3) is 5.44. The molecule has 0 aromatic rings. The number of nitrogens with one attached hydrogen (secondary N) is 2. The number of hydrogen-bond donors (Lipinski definition) is 2. The Balaban J connectivity index is 1.96. The summed E-state index contributed by atoms with van der Waals surface area (Å²) in [4.78, 5) is 13.6. The minimum absolute atomic E-state index is 0.0448. The fourth-order valence-corrected chi connectivity index (χ4v) is 1.94. The van der Waals surface area contributed by atoms with Gasteiger partial charge in [0, 0.05) is 20.2 Å². The van der Waals surface area contributed by atoms with Gasteiger partial charge in [0.15, 0.2) is 0 Å². The molecular formula is C11H23N3O2. The highest BCUT2D eigenvalue weighted by molar-refractivity contribution is 5.77. The zero-order valence-electron chi connectivity index (χ0n) is 10.3. The second-order valence-electron chi connectivity index (χ2n) is 4.39. The van der Waals surface area contributed by atoms with Gasteiger partial charge in [0.1, 0.15) is 0 Å². The first kappa shape index (κ1) is 13.4. The SMILES string of the molecule is COCCNC(=O)CNCC1CCN(C)C1. The number of ether oxygens (including phenoxy) is 1. The van der Waals surface area contributed by atoms with Crippen LogP contribution in [0.4, 0.5) is 0 Å². The highest BCUT2D eigenvalue weighted by Crippen LogP contribution is 2.12. The maximum atomic E-state index is 11.3. The average Bonchev–Trinajstić information content (AvgIpc) is 2.65. The molecule has 1 unspecified atom stereocenters. The Morgan fingerprint density at radius 1 is 1.56 bits per heavy atom. The van der Waals surface area contributed by atoms with Crippen molar-refractivity contribution in [1.29, 1.82) is 0 Å². The van der Waals surface area contributed by atoms with Crippen molar-refractivity contribution in [2.24, 2.45) is 5.92 Å². The lowest BCUT2D eigenvalue weighted by molar-refractivity contribution is -0.120. The summed E-state index contributed by atoms with van der Waals surface area (Å²) in [5.41, 5.74) is 0. The van der Waals surface area contributed by atoms with Crippen molar-refractivity contribution in [2.45, 2.75) is 6.42 Å². The van der Waals surface area contributed by atoms with Gasteiger partial charge >= 0.3 is 0 Å². The summed E-state index contributed by atoms with van der Waals surface area (Å²) < 4.78 is 4.85. The molecule has 1 heterocycles. The van der Waals surface area contributed by atoms with Crippen molar-refractivity contribution in [3.8, 4) is 0 Å². The van der Waals surface area contributed by atoms with E-state index in [1.54, 1.807) is 7.11 Å². The Kier molecular flexibility index (Phi) is 6.37. The summed E-state index contributed by atoms with van der Waals surface area (Å²) in [6.45, 7) is 4.80. The molecule has 16 heavy (non-hydrogen) atoms. The molecule has 0 bridgehead atoms. The van der Waals surface area contributed by atoms with Crippen LogP contribution in [0.3, 0.4) is 0 Å². The van der Waals surface area contributed by atoms with Crippen LogP contribution in [0.5, 0.6) is 0 Å². The molecule has 5 nitrogen and oxygen atoms in total. The molecule has 5 heteroatoms. The molecule has 0 radical (unpaired) electrons. The number of likely N-dealkylation sites (tertiary alicyclic amines) is 1. The van der Waals surface area contributed by atoms with Gasteiger partial charge in [-0.25, -0.2) is 0 Å². The van der Waals surface area contributed by atoms with Crippen molar-refractivity contribution >= 4 is 5.91 Å². The lowest BCUT2D eigenvalue weighted by Crippen LogP contribution is -2.37. The second kappa shape index (κ2) is 7.60. The van der Waals surface area contributed by atoms with Gasteiger partial charge in [-0.15, -0.1) is 0 Å². The number of amides is 1. The maximum absolute atomic E-state index is 11.3. The Bertz CT molecular complexity index is 211. The van der Waals surface area contributed by atoms with Crippen LogP contribution in [0.25, 0.3) is 0 Å². The molecule has 0 saturated carbocycles. The van der Waals surface area contributed by atoms with Crippen LogP contribution in [0.1, 0.15) is 6.42 Å². The Labute approximate surface area is 97.5 Å². The van der Waals surface area contributed by atoms with Crippen molar-refractivity contribution < 1.29 is 9.53 Å². The fraction of sp³-hybridized carbons (Fsp3) is 0.909. The Hall–Kier alpha value is -0.650. The Morgan fingerprint density at radius 2 is 2.38 bits per heavy atom. The largest absolute Gasteiger partial charge is 0.383 e. The Morgan fingerprint density at radius 3 is 3.00 bits per heavy atom. The first-order valence-electron chi connectivity index (χ1n) is 5.87. The normalized spacial score (nSPS) is 21.2. The zero-order valence-corrected chi connectivity index (χ0v) is 10.3. The molecular weight excluding hydrogens is 206 g/mol. The molecule has 1 aliphatic heterocycles. The first-order valence-corrected chi connectivity index (χ1v) is 5.87. The molecule has 1 aliphatic rings. The van der Waals surface area contributed by atoms with E-state index >= 15 is 0 Å². The van der Waals surface area contributed by atoms with Crippen LogP contribution < -0.4 is 10.6 Å². The molecule has 94 valence electrons. The average molecular weight is 229 g/mol. The van der Waals surface area contributed by atoms with Gasteiger partial charge in [0.25, 0.3) is 0 Å². The summed E-state index contributed by atoms with van der Waals surface area (Å²) in [5, 5.41) is 5.98. The van der Waals surface area contributed by atoms with Crippen LogP contribution >= 0.6 is 0 Å². The zero-order chi connectivity index (χ0) is 11.8. The molecule has 2 N–H and O–H groups in total. The molecule has 1 rings (SSSR count). The van der Waals surface area contributed by atoms with E-state index in [0.717, 1.165) is 13.1 Å². The molecule has 0 aliphatic carbocycles. The lowest BCUT2D eigenvalue weighted by Gasteiger charge is -2.11. The van der Waals surface area contributed by atoms with Crippen LogP contribution in [0.2, 0.25) is 0 Å². The van der Waals surface area contributed by atoms with Crippen LogP contribution in [-0.4, -0.2) is 64.3 Å². The standard InChI is InChI=1S/C11H23N3O2/c1-14-5-3-10(9-14)7-12-8-11(15)13-4-6-16-2/h10,12H,3-9H2,1-2H3,(H,13,15). The monoisotopic (exact) mass is 229 g/mol. The van der Waals surface area contributed by atoms with Crippen molar-refractivity contribution in [1.82, 2.24) is 15.5 Å². The smallest absolute Gasteiger partial charge is 0.234 e. The van der Waals surface area contributed by atoms with Crippen LogP contribution in [0, 0.1) is 5.92 Å². The van der Waals surface area contributed by atoms with Crippen molar-refractivity contribution in [3.63, 3.8) is 0 Å². The number of methoxy groups -OCH3 is 1. The molecule has 0 spiro atoms. The van der Waals surface area contributed by atoms with Gasteiger partial charge in [0.2, 0.25) is 5.91 Å². The van der Waals surface area contributed by atoms with Crippen molar-refractivity contribution in [2.75, 3.05) is 53.5 Å². The molecule has 0 aromatic carbocycles. The van der Waals surface area contributed by atoms with E-state index in [1.165, 1.54) is 13.0 Å². The molecule has 1 fully saturated rings. The van der Waals surface area contributed by atoms with Gasteiger partial charge in [-0.1, -0.05) is 0 Å². The summed E-state index contributed by atoms with van der Waals surface area (Å²) in [7, 11) is 3.76. The van der Waals surface area contributed by atoms with Gasteiger partial charge in [-0.3, -0.25) is 4.79 Å². The van der Waals surface area contributed by atoms with E-state index in [4.69, 9.17) is 4.74 Å². The highest BCUT2D eigenvalue weighted by Gasteiger charge is 2.18. The van der Waals surface area contributed by atoms with E-state index in [1.807, 2.05) is 0 Å². The number of carbonyl (C=O) groups excluding carboxylic acids is 1. The van der Waals surface area contributed by atoms with Crippen LogP contribution in [-0.2, 0) is 9.53 Å². The van der Waals surface area contributed by atoms with E-state index in [-0.39, 0.29) is 5.91 Å². The second-order valence-corrected chi connectivity index (χ2v) is 4.39. The van der Waals surface area contributed by atoms with E-state index in [0.29, 0.717) is 25.6 Å². The van der Waals surface area contributed by atoms with Crippen molar-refractivity contribution in [3.05, 3.63) is 0 Å². The maximum Gasteiger partial charge on any atom is 0.234 e. The quantitative estimate of drug-likeness (QED) is 0.566. The molecule has 1 saturated heterocycles. The number of nitrogens with zero attached hydrogens (tertiary/aromatic N) is 1. The van der Waals surface area contributed by atoms with Gasteiger partial charge in [-0.2, -0.15) is 0 Å². The first-order chi connectivity index (χ1) is 7.72. The van der Waals surface area contributed by atoms with Gasteiger partial charge < -0.3 is 20.3 Å². The topological polar surface area (TPSA) is 53.6 Å². The predicted octanol–water partition coefficient (Wildman–Crippen LogP) is -0.710. The number of carbonyl (C=O) groups is 1. The molecule has 1 atom stereocenters. The molecule has 0 aromatic heterocycles. The number of rotatable bonds is 7. The van der Waals surface area contributed by atoms with E-state index in [9.17, 15) is 4.79 Å². The number of hydrogen-bond acceptors (Lipinski definition) is 4. The van der Waals surface area contributed by atoms with E-state index in [2.05, 4.69) is 22.6 Å². The fourth-order valence-electron chi connectivity index (χ4n) is 1.94. The van der Waals surface area contributed by atoms with Gasteiger partial charge in [0.05, 0.1) is 13.2 Å². The van der Waals surface area contributed by atoms with Gasteiger partial charge in [-0.05, 0) is 32.5 Å². The summed E-state index contributed by atoms with van der Waals surface area (Å²) >= 11 is 0. The predicted molar refractivity (Wildman–Crippen MR) is 63.4 cm³/mol. The highest BCUT2D eigenvalue weighted by atomic mass is 16.5. The summed E-state index contributed by atoms with van der Waals surface area (Å²) in [5.74, 6) is 0.736. The van der Waals surface area contributed by atoms with Crippen LogP contribution in [0.15, 0.2) is 0 Å². The third-order valence-electron chi connectivity index (χ3n) is 2.84. The molecule has 1 amide bonds.